The Morgan fingerprint density at radius 1 is 0.950 bits per heavy atom. The van der Waals surface area contributed by atoms with Gasteiger partial charge in [-0.1, -0.05) is 58.4 Å². The van der Waals surface area contributed by atoms with Gasteiger partial charge in [0.1, 0.15) is 12.8 Å². The van der Waals surface area contributed by atoms with E-state index < -0.39 is 30.8 Å². The summed E-state index contributed by atoms with van der Waals surface area (Å²) in [4.78, 5) is 0. The van der Waals surface area contributed by atoms with Gasteiger partial charge in [-0.2, -0.15) is 0 Å². The number of halogens is 3. The van der Waals surface area contributed by atoms with Crippen molar-refractivity contribution in [2.75, 3.05) is 6.67 Å². The molecule has 0 nitrogen and oxygen atoms in total. The van der Waals surface area contributed by atoms with Crippen LogP contribution in [0.1, 0.15) is 52.4 Å². The zero-order chi connectivity index (χ0) is 15.3. The van der Waals surface area contributed by atoms with Crippen molar-refractivity contribution in [3.05, 3.63) is 0 Å². The second kappa shape index (κ2) is 12.9. The van der Waals surface area contributed by atoms with E-state index in [1.165, 1.54) is 0 Å². The maximum absolute atomic E-state index is 14.6. The van der Waals surface area contributed by atoms with Crippen LogP contribution in [0.25, 0.3) is 0 Å². The van der Waals surface area contributed by atoms with Crippen molar-refractivity contribution in [2.45, 2.75) is 88.8 Å². The summed E-state index contributed by atoms with van der Waals surface area (Å²) >= 11 is 0. The molecule has 0 fully saturated rings. The van der Waals surface area contributed by atoms with E-state index in [9.17, 15) is 12.9 Å². The van der Waals surface area contributed by atoms with Crippen LogP contribution in [-0.2, 0) is 0 Å². The summed E-state index contributed by atoms with van der Waals surface area (Å²) in [6, 6.07) is 4.09. The van der Waals surface area contributed by atoms with Gasteiger partial charge in [-0.15, -0.1) is 0 Å². The zero-order valence-corrected chi connectivity index (χ0v) is 15.8. The lowest BCUT2D eigenvalue weighted by Gasteiger charge is -2.21. The first kappa shape index (κ1) is 20.2. The van der Waals surface area contributed by atoms with Crippen molar-refractivity contribution < 1.29 is 12.9 Å². The van der Waals surface area contributed by atoms with E-state index >= 15 is 0 Å². The van der Waals surface area contributed by atoms with Crippen LogP contribution in [0.5, 0.6) is 0 Å². The SMILES string of the molecule is CCC[Si](F)(CCC)CCCCCC[SiH2]CC(F)CF. The van der Waals surface area contributed by atoms with Gasteiger partial charge >= 0.3 is 0 Å². The van der Waals surface area contributed by atoms with Crippen molar-refractivity contribution in [3.63, 3.8) is 0 Å². The van der Waals surface area contributed by atoms with E-state index in [-0.39, 0.29) is 0 Å². The summed E-state index contributed by atoms with van der Waals surface area (Å²) in [6.07, 6.45) is 5.17. The Bertz CT molecular complexity index is 209. The van der Waals surface area contributed by atoms with E-state index in [4.69, 9.17) is 0 Å². The third-order valence-corrected chi connectivity index (χ3v) is 10.0. The highest BCUT2D eigenvalue weighted by atomic mass is 28.4. The summed E-state index contributed by atoms with van der Waals surface area (Å²) in [5.41, 5.74) is 0. The molecule has 0 spiro atoms. The molecule has 0 bridgehead atoms. The Labute approximate surface area is 126 Å². The third-order valence-electron chi connectivity index (χ3n) is 3.96. The lowest BCUT2D eigenvalue weighted by molar-refractivity contribution is 0.281. The number of hydrogen-bond donors (Lipinski definition) is 0. The molecule has 0 aliphatic heterocycles. The molecule has 0 aromatic carbocycles. The van der Waals surface area contributed by atoms with Gasteiger partial charge in [0.25, 0.3) is 0 Å². The van der Waals surface area contributed by atoms with Crippen LogP contribution >= 0.6 is 0 Å². The molecule has 0 rings (SSSR count). The summed E-state index contributed by atoms with van der Waals surface area (Å²) in [7, 11) is -2.83. The van der Waals surface area contributed by atoms with Gasteiger partial charge in [0.2, 0.25) is 8.41 Å². The van der Waals surface area contributed by atoms with Gasteiger partial charge < -0.3 is 4.11 Å². The minimum Gasteiger partial charge on any atom is -0.314 e. The molecule has 0 saturated carbocycles. The van der Waals surface area contributed by atoms with Gasteiger partial charge in [-0.25, -0.2) is 8.78 Å². The summed E-state index contributed by atoms with van der Waals surface area (Å²) in [5.74, 6) is 0. The highest BCUT2D eigenvalue weighted by Gasteiger charge is 2.30. The van der Waals surface area contributed by atoms with Crippen LogP contribution < -0.4 is 0 Å². The van der Waals surface area contributed by atoms with Crippen LogP contribution in [0.2, 0.25) is 30.2 Å². The molecule has 0 heterocycles. The lowest BCUT2D eigenvalue weighted by Crippen LogP contribution is -2.27. The molecule has 0 radical (unpaired) electrons. The molecular formula is C15H33F3Si2. The van der Waals surface area contributed by atoms with Crippen molar-refractivity contribution in [3.8, 4) is 0 Å². The Balaban J connectivity index is 3.50. The standard InChI is InChI=1S/C15H33F3Si2/c1-3-10-20(18,11-4-2)12-8-6-5-7-9-19-14-15(17)13-16/h15H,3-14,19H2,1-2H3. The first-order valence-corrected chi connectivity index (χ1v) is 13.0. The zero-order valence-electron chi connectivity index (χ0n) is 13.4. The minimum atomic E-state index is -2.43. The van der Waals surface area contributed by atoms with Gasteiger partial charge in [0.05, 0.1) is 0 Å². The van der Waals surface area contributed by atoms with Gasteiger partial charge in [-0.3, -0.25) is 0 Å². The molecule has 0 aromatic heterocycles. The van der Waals surface area contributed by atoms with E-state index in [1.54, 1.807) is 0 Å². The van der Waals surface area contributed by atoms with Gasteiger partial charge in [0.15, 0.2) is 0 Å². The third kappa shape index (κ3) is 10.9. The fourth-order valence-corrected chi connectivity index (χ4v) is 7.88. The second-order valence-corrected chi connectivity index (χ2v) is 11.9. The fourth-order valence-electron chi connectivity index (χ4n) is 2.86. The summed E-state index contributed by atoms with van der Waals surface area (Å²) in [5, 5.41) is 0. The average molecular weight is 327 g/mol. The van der Waals surface area contributed by atoms with Crippen molar-refractivity contribution in [1.82, 2.24) is 0 Å². The molecular weight excluding hydrogens is 293 g/mol. The van der Waals surface area contributed by atoms with E-state index in [1.807, 2.05) is 0 Å². The summed E-state index contributed by atoms with van der Waals surface area (Å²) < 4.78 is 39.2. The second-order valence-electron chi connectivity index (χ2n) is 6.06. The van der Waals surface area contributed by atoms with Crippen molar-refractivity contribution in [2.24, 2.45) is 0 Å². The largest absolute Gasteiger partial charge is 0.314 e. The first-order chi connectivity index (χ1) is 9.58. The molecule has 122 valence electrons. The van der Waals surface area contributed by atoms with Crippen LogP contribution in [0.3, 0.4) is 0 Å². The molecule has 20 heavy (non-hydrogen) atoms. The number of alkyl halides is 2. The van der Waals surface area contributed by atoms with Crippen LogP contribution in [0.4, 0.5) is 12.9 Å². The molecule has 0 N–H and O–H groups in total. The van der Waals surface area contributed by atoms with Crippen LogP contribution in [-0.4, -0.2) is 30.8 Å². The van der Waals surface area contributed by atoms with Crippen LogP contribution in [0, 0.1) is 0 Å². The number of rotatable bonds is 14. The highest BCUT2D eigenvalue weighted by molar-refractivity contribution is 6.73. The molecule has 0 aromatic rings. The van der Waals surface area contributed by atoms with E-state index in [0.29, 0.717) is 6.04 Å². The molecule has 1 unspecified atom stereocenters. The number of unbranched alkanes of at least 4 members (excludes halogenated alkanes) is 3. The molecule has 1 atom stereocenters. The molecule has 0 saturated heterocycles. The maximum atomic E-state index is 14.6. The summed E-state index contributed by atoms with van der Waals surface area (Å²) in [6.45, 7) is 3.35. The predicted molar refractivity (Wildman–Crippen MR) is 89.4 cm³/mol. The fraction of sp³-hybridized carbons (Fsp3) is 1.00. The van der Waals surface area contributed by atoms with Crippen LogP contribution in [0.15, 0.2) is 0 Å². The van der Waals surface area contributed by atoms with Crippen molar-refractivity contribution in [1.29, 1.82) is 0 Å². The Hall–Kier alpha value is 0.224. The molecule has 0 amide bonds. The Morgan fingerprint density at radius 3 is 2.10 bits per heavy atom. The smallest absolute Gasteiger partial charge is 0.247 e. The minimum absolute atomic E-state index is 0.405. The van der Waals surface area contributed by atoms with E-state index in [0.717, 1.165) is 62.7 Å². The van der Waals surface area contributed by atoms with Gasteiger partial charge in [0, 0.05) is 9.52 Å². The number of hydrogen-bond acceptors (Lipinski definition) is 0. The van der Waals surface area contributed by atoms with Gasteiger partial charge in [-0.05, 0) is 24.2 Å². The maximum Gasteiger partial charge on any atom is 0.247 e. The average Bonchev–Trinajstić information content (AvgIpc) is 2.42. The Kier molecular flexibility index (Phi) is 13.1. The van der Waals surface area contributed by atoms with E-state index in [2.05, 4.69) is 13.8 Å². The lowest BCUT2D eigenvalue weighted by atomic mass is 10.2. The molecule has 0 aliphatic carbocycles. The molecule has 0 aliphatic rings. The highest BCUT2D eigenvalue weighted by Crippen LogP contribution is 2.28. The Morgan fingerprint density at radius 2 is 1.55 bits per heavy atom. The normalized spacial score (nSPS) is 14.2. The quantitative estimate of drug-likeness (QED) is 0.221. The molecule has 5 heteroatoms. The topological polar surface area (TPSA) is 0 Å². The first-order valence-electron chi connectivity index (χ1n) is 8.47. The monoisotopic (exact) mass is 326 g/mol. The predicted octanol–water partition coefficient (Wildman–Crippen LogP) is 5.59. The van der Waals surface area contributed by atoms with Crippen molar-refractivity contribution >= 4 is 17.9 Å².